The Morgan fingerprint density at radius 1 is 1.07 bits per heavy atom. The summed E-state index contributed by atoms with van der Waals surface area (Å²) in [6.45, 7) is 1.80. The summed E-state index contributed by atoms with van der Waals surface area (Å²) in [5.41, 5.74) is 5.19. The molecule has 0 bridgehead atoms. The van der Waals surface area contributed by atoms with Crippen molar-refractivity contribution in [3.05, 3.63) is 92.2 Å². The van der Waals surface area contributed by atoms with Crippen molar-refractivity contribution in [1.82, 2.24) is 9.88 Å². The van der Waals surface area contributed by atoms with Crippen LogP contribution in [-0.4, -0.2) is 21.5 Å². The molecule has 0 saturated heterocycles. The fraction of sp³-hybridized carbons (Fsp3) is 0.136. The lowest BCUT2D eigenvalue weighted by atomic mass is 9.83. The van der Waals surface area contributed by atoms with Gasteiger partial charge in [0.2, 0.25) is 0 Å². The van der Waals surface area contributed by atoms with Gasteiger partial charge >= 0.3 is 0 Å². The Hall–Kier alpha value is -3.42. The molecule has 2 aromatic carbocycles. The molecule has 0 fully saturated rings. The highest BCUT2D eigenvalue weighted by molar-refractivity contribution is 6.30. The molecule has 8 heteroatoms. The molecule has 1 unspecified atom stereocenters. The second-order valence-electron chi connectivity index (χ2n) is 7.02. The molecule has 152 valence electrons. The van der Waals surface area contributed by atoms with Crippen molar-refractivity contribution in [3.8, 4) is 5.69 Å². The third kappa shape index (κ3) is 2.91. The summed E-state index contributed by atoms with van der Waals surface area (Å²) in [5, 5.41) is 14.1. The number of fused-ring (bicyclic) bond motifs is 1. The van der Waals surface area contributed by atoms with Crippen molar-refractivity contribution in [2.45, 2.75) is 18.9 Å². The molecule has 7 nitrogen and oxygen atoms in total. The number of imide groups is 1. The number of anilines is 1. The number of amides is 2. The predicted octanol–water partition coefficient (Wildman–Crippen LogP) is 2.60. The number of rotatable bonds is 4. The molecule has 1 aromatic heterocycles. The molecule has 3 aromatic rings. The van der Waals surface area contributed by atoms with Crippen LogP contribution >= 0.6 is 11.6 Å². The lowest BCUT2D eigenvalue weighted by Gasteiger charge is -2.31. The highest BCUT2D eigenvalue weighted by atomic mass is 35.5. The smallest absolute Gasteiger partial charge is 0.262 e. The largest absolute Gasteiger partial charge is 0.384 e. The van der Waals surface area contributed by atoms with Gasteiger partial charge in [0, 0.05) is 16.7 Å². The number of benzene rings is 2. The highest BCUT2D eigenvalue weighted by Gasteiger charge is 2.36. The Kier molecular flexibility index (Phi) is 4.72. The first-order chi connectivity index (χ1) is 14.3. The fourth-order valence-corrected chi connectivity index (χ4v) is 4.00. The van der Waals surface area contributed by atoms with E-state index in [-0.39, 0.29) is 29.1 Å². The van der Waals surface area contributed by atoms with Crippen molar-refractivity contribution in [2.75, 3.05) is 5.73 Å². The number of nitrogens with one attached hydrogen (secondary N) is 1. The molecular weight excluding hydrogens is 406 g/mol. The molecule has 2 amide bonds. The number of nitrogen functional groups attached to an aromatic ring is 1. The number of aliphatic hydroxyl groups is 1. The van der Waals surface area contributed by atoms with Gasteiger partial charge in [0.15, 0.2) is 0 Å². The molecule has 1 atom stereocenters. The van der Waals surface area contributed by atoms with Gasteiger partial charge in [-0.25, -0.2) is 0 Å². The zero-order chi connectivity index (χ0) is 21.6. The van der Waals surface area contributed by atoms with Crippen molar-refractivity contribution in [3.63, 3.8) is 0 Å². The minimum Gasteiger partial charge on any atom is -0.384 e. The number of halogens is 1. The number of aromatic nitrogens is 1. The van der Waals surface area contributed by atoms with Gasteiger partial charge in [-0.2, -0.15) is 0 Å². The maximum absolute atomic E-state index is 12.9. The van der Waals surface area contributed by atoms with E-state index in [1.54, 1.807) is 49.4 Å². The number of nitrogens with zero attached hydrogens (tertiary/aromatic N) is 1. The van der Waals surface area contributed by atoms with E-state index in [0.29, 0.717) is 16.1 Å². The summed E-state index contributed by atoms with van der Waals surface area (Å²) >= 11 is 6.23. The van der Waals surface area contributed by atoms with E-state index < -0.39 is 23.0 Å². The Balaban J connectivity index is 2.04. The van der Waals surface area contributed by atoms with Gasteiger partial charge in [0.05, 0.1) is 16.8 Å². The Morgan fingerprint density at radius 3 is 2.43 bits per heavy atom. The van der Waals surface area contributed by atoms with E-state index >= 15 is 0 Å². The SMILES string of the molecule is CCC(O)(c1ccccc1)c1cc(Cl)ccc1-n1c(N)c2c(cc1=O)C(=O)NC2=O. The first-order valence-electron chi connectivity index (χ1n) is 9.27. The minimum atomic E-state index is -1.48. The minimum absolute atomic E-state index is 0.0666. The lowest BCUT2D eigenvalue weighted by molar-refractivity contribution is 0.0764. The summed E-state index contributed by atoms with van der Waals surface area (Å²) in [6, 6.07) is 14.7. The number of pyridine rings is 1. The zero-order valence-corrected chi connectivity index (χ0v) is 16.7. The van der Waals surface area contributed by atoms with Crippen molar-refractivity contribution in [1.29, 1.82) is 0 Å². The molecule has 0 saturated carbocycles. The van der Waals surface area contributed by atoms with Gasteiger partial charge in [-0.1, -0.05) is 48.9 Å². The zero-order valence-electron chi connectivity index (χ0n) is 16.0. The number of carbonyl (C=O) groups is 2. The summed E-state index contributed by atoms with van der Waals surface area (Å²) in [6.07, 6.45) is 0.281. The van der Waals surface area contributed by atoms with E-state index in [1.165, 1.54) is 0 Å². The van der Waals surface area contributed by atoms with Gasteiger partial charge < -0.3 is 10.8 Å². The second-order valence-corrected chi connectivity index (χ2v) is 7.45. The normalized spacial score (nSPS) is 14.9. The van der Waals surface area contributed by atoms with E-state index in [0.717, 1.165) is 10.6 Å². The maximum Gasteiger partial charge on any atom is 0.262 e. The van der Waals surface area contributed by atoms with Crippen LogP contribution in [0.4, 0.5) is 5.82 Å². The second kappa shape index (κ2) is 7.12. The molecule has 4 N–H and O–H groups in total. The Morgan fingerprint density at radius 2 is 1.77 bits per heavy atom. The van der Waals surface area contributed by atoms with Crippen molar-refractivity contribution >= 4 is 29.2 Å². The van der Waals surface area contributed by atoms with Crippen LogP contribution in [0.5, 0.6) is 0 Å². The number of carbonyl (C=O) groups excluding carboxylic acids is 2. The molecule has 0 radical (unpaired) electrons. The van der Waals surface area contributed by atoms with Gasteiger partial charge in [0.1, 0.15) is 11.4 Å². The molecule has 1 aliphatic rings. The van der Waals surface area contributed by atoms with E-state index in [9.17, 15) is 19.5 Å². The number of nitrogens with two attached hydrogens (primary N) is 1. The van der Waals surface area contributed by atoms with Crippen molar-refractivity contribution in [2.24, 2.45) is 0 Å². The summed E-state index contributed by atoms with van der Waals surface area (Å²) in [5.74, 6) is -1.53. The Bertz CT molecular complexity index is 1250. The van der Waals surface area contributed by atoms with Crippen LogP contribution in [0.1, 0.15) is 45.2 Å². The molecule has 30 heavy (non-hydrogen) atoms. The van der Waals surface area contributed by atoms with Crippen LogP contribution in [0, 0.1) is 0 Å². The first kappa shape index (κ1) is 19.9. The first-order valence-corrected chi connectivity index (χ1v) is 9.65. The lowest BCUT2D eigenvalue weighted by Crippen LogP contribution is -2.31. The average Bonchev–Trinajstić information content (AvgIpc) is 3.02. The summed E-state index contributed by atoms with van der Waals surface area (Å²) in [4.78, 5) is 37.1. The summed E-state index contributed by atoms with van der Waals surface area (Å²) in [7, 11) is 0. The average molecular weight is 424 g/mol. The van der Waals surface area contributed by atoms with Crippen LogP contribution in [0.3, 0.4) is 0 Å². The van der Waals surface area contributed by atoms with E-state index in [4.69, 9.17) is 17.3 Å². The monoisotopic (exact) mass is 423 g/mol. The number of hydrogen-bond donors (Lipinski definition) is 3. The molecule has 0 aliphatic carbocycles. The van der Waals surface area contributed by atoms with E-state index in [1.807, 2.05) is 6.07 Å². The highest BCUT2D eigenvalue weighted by Crippen LogP contribution is 2.38. The predicted molar refractivity (Wildman–Crippen MR) is 113 cm³/mol. The number of hydrogen-bond acceptors (Lipinski definition) is 5. The van der Waals surface area contributed by atoms with Crippen LogP contribution in [0.2, 0.25) is 5.02 Å². The summed E-state index contributed by atoms with van der Waals surface area (Å²) < 4.78 is 1.12. The van der Waals surface area contributed by atoms with Crippen LogP contribution in [0.25, 0.3) is 5.69 Å². The molecule has 1 aliphatic heterocycles. The molecular formula is C22H18ClN3O4. The molecule has 4 rings (SSSR count). The van der Waals surface area contributed by atoms with Gasteiger partial charge in [0.25, 0.3) is 17.4 Å². The van der Waals surface area contributed by atoms with Crippen LogP contribution in [-0.2, 0) is 5.60 Å². The molecule has 2 heterocycles. The third-order valence-corrected chi connectivity index (χ3v) is 5.60. The standard InChI is InChI=1S/C22H18ClN3O4/c1-2-22(30,12-6-4-3-5-7-12)15-10-13(23)8-9-16(15)26-17(27)11-14-18(19(26)24)21(29)25-20(14)28/h3-11,30H,2,24H2,1H3,(H,25,28,29). The van der Waals surface area contributed by atoms with Crippen molar-refractivity contribution < 1.29 is 14.7 Å². The molecule has 0 spiro atoms. The quantitative estimate of drug-likeness (QED) is 0.558. The maximum atomic E-state index is 12.9. The van der Waals surface area contributed by atoms with E-state index in [2.05, 4.69) is 5.32 Å². The van der Waals surface area contributed by atoms with Gasteiger partial charge in [-0.05, 0) is 30.2 Å². The van der Waals surface area contributed by atoms with Gasteiger partial charge in [-0.3, -0.25) is 24.3 Å². The fourth-order valence-electron chi connectivity index (χ4n) is 3.83. The van der Waals surface area contributed by atoms with Crippen LogP contribution in [0.15, 0.2) is 59.4 Å². The van der Waals surface area contributed by atoms with Gasteiger partial charge in [-0.15, -0.1) is 0 Å². The van der Waals surface area contributed by atoms with Crippen LogP contribution < -0.4 is 16.6 Å². The Labute approximate surface area is 176 Å². The topological polar surface area (TPSA) is 114 Å². The third-order valence-electron chi connectivity index (χ3n) is 5.36.